The molecule has 2 aliphatic heterocycles. The number of aliphatic hydroxyl groups excluding tert-OH is 1. The second-order valence-corrected chi connectivity index (χ2v) is 13.1. The first kappa shape index (κ1) is 32.3. The molecule has 0 spiro atoms. The monoisotopic (exact) mass is 690 g/mol. The summed E-state index contributed by atoms with van der Waals surface area (Å²) >= 11 is 0. The minimum Gasteiger partial charge on any atom is -0.386 e. The number of nitrogens with zero attached hydrogens (tertiary/aromatic N) is 6. The first-order valence-corrected chi connectivity index (χ1v) is 16.4. The van der Waals surface area contributed by atoms with Gasteiger partial charge in [-0.25, -0.2) is 19.1 Å². The third-order valence-electron chi connectivity index (χ3n) is 7.19. The molecule has 4 aromatic heterocycles. The van der Waals surface area contributed by atoms with Gasteiger partial charge in [-0.3, -0.25) is 46.8 Å². The molecule has 0 radical (unpaired) electrons. The average molecular weight is 690 g/mol. The molecule has 250 valence electrons. The van der Waals surface area contributed by atoms with E-state index in [2.05, 4.69) is 34.4 Å². The molecule has 6 heterocycles. The van der Waals surface area contributed by atoms with Gasteiger partial charge in [0.05, 0.1) is 32.0 Å². The van der Waals surface area contributed by atoms with Crippen molar-refractivity contribution < 1.29 is 51.6 Å². The number of hydrogen-bond acceptors (Lipinski definition) is 17. The third-order valence-corrected chi connectivity index (χ3v) is 9.11. The van der Waals surface area contributed by atoms with Crippen molar-refractivity contribution in [3.05, 3.63) is 33.4 Å². The summed E-state index contributed by atoms with van der Waals surface area (Å²) in [7, 11) is -8.63. The van der Waals surface area contributed by atoms with Crippen LogP contribution in [0.2, 0.25) is 0 Å². The summed E-state index contributed by atoms with van der Waals surface area (Å²) in [5.41, 5.74) is 10.1. The minimum atomic E-state index is -4.99. The van der Waals surface area contributed by atoms with Crippen LogP contribution in [-0.4, -0.2) is 98.7 Å². The molecular weight excluding hydrogens is 662 g/mol. The molecular formula is C21H28N10O13P2. The lowest BCUT2D eigenvalue weighted by atomic mass is 10.1. The lowest BCUT2D eigenvalue weighted by molar-refractivity contribution is -0.0519. The molecule has 0 aromatic carbocycles. The Morgan fingerprint density at radius 3 is 2.15 bits per heavy atom. The maximum Gasteiger partial charge on any atom is 0.472 e. The van der Waals surface area contributed by atoms with E-state index in [4.69, 9.17) is 34.5 Å². The number of phosphoric ester groups is 2. The van der Waals surface area contributed by atoms with Crippen LogP contribution in [0.5, 0.6) is 0 Å². The van der Waals surface area contributed by atoms with E-state index in [9.17, 15) is 33.6 Å². The Kier molecular flexibility index (Phi) is 8.58. The Morgan fingerprint density at radius 2 is 1.52 bits per heavy atom. The SMILES string of the molecule is COP(=O)(O)OC[C@H]1O[C@@H](n2cnc3c(=O)[nH]c(N)nc32)[C@H](O)[C@@H]1OP(=O)(O)OCC1CC[C@H](n2cnc3c(=O)[nH]c(N)nc32)O1. The van der Waals surface area contributed by atoms with Crippen LogP contribution in [0.1, 0.15) is 25.3 Å². The van der Waals surface area contributed by atoms with Crippen molar-refractivity contribution in [3.63, 3.8) is 0 Å². The predicted octanol–water partition coefficient (Wildman–Crippen LogP) is -1.38. The van der Waals surface area contributed by atoms with Crippen LogP contribution >= 0.6 is 15.6 Å². The zero-order valence-electron chi connectivity index (χ0n) is 23.6. The fourth-order valence-electron chi connectivity index (χ4n) is 5.09. The minimum absolute atomic E-state index is 0.0535. The summed E-state index contributed by atoms with van der Waals surface area (Å²) in [6.45, 7) is -1.19. The number of aliphatic hydroxyl groups is 1. The number of fused-ring (bicyclic) bond motifs is 2. The van der Waals surface area contributed by atoms with Gasteiger partial charge in [0.1, 0.15) is 24.5 Å². The van der Waals surface area contributed by atoms with Gasteiger partial charge in [-0.2, -0.15) is 9.97 Å². The summed E-state index contributed by atoms with van der Waals surface area (Å²) in [5, 5.41) is 11.2. The molecule has 9 N–H and O–H groups in total. The largest absolute Gasteiger partial charge is 0.472 e. The van der Waals surface area contributed by atoms with Crippen LogP contribution in [0.4, 0.5) is 11.9 Å². The Morgan fingerprint density at radius 1 is 0.935 bits per heavy atom. The third kappa shape index (κ3) is 6.35. The lowest BCUT2D eigenvalue weighted by Gasteiger charge is -2.24. The molecule has 0 bridgehead atoms. The van der Waals surface area contributed by atoms with Gasteiger partial charge in [0.2, 0.25) is 11.9 Å². The van der Waals surface area contributed by atoms with Gasteiger partial charge >= 0.3 is 15.6 Å². The number of nitrogens with one attached hydrogen (secondary N) is 2. The topological polar surface area (TPSA) is 329 Å². The number of nitrogens with two attached hydrogens (primary N) is 2. The molecule has 2 aliphatic rings. The highest BCUT2D eigenvalue weighted by Gasteiger charge is 2.50. The van der Waals surface area contributed by atoms with Crippen molar-refractivity contribution in [1.82, 2.24) is 39.0 Å². The lowest BCUT2D eigenvalue weighted by Crippen LogP contribution is -2.36. The fraction of sp³-hybridized carbons (Fsp3) is 0.524. The van der Waals surface area contributed by atoms with Gasteiger partial charge in [0, 0.05) is 7.11 Å². The van der Waals surface area contributed by atoms with E-state index >= 15 is 0 Å². The van der Waals surface area contributed by atoms with Crippen LogP contribution in [0.15, 0.2) is 22.2 Å². The number of aromatic amines is 2. The van der Waals surface area contributed by atoms with E-state index in [1.54, 1.807) is 0 Å². The van der Waals surface area contributed by atoms with E-state index in [0.29, 0.717) is 12.8 Å². The Balaban J connectivity index is 1.16. The predicted molar refractivity (Wildman–Crippen MR) is 152 cm³/mol. The number of H-pyrrole nitrogens is 2. The van der Waals surface area contributed by atoms with Crippen LogP contribution < -0.4 is 22.6 Å². The quantitative estimate of drug-likeness (QED) is 0.0891. The standard InChI is InChI=1S/C21H28N10O13P2/c1-39-45(35,36)41-5-9-14(13(32)19(43-9)31-7-25-12-16(31)27-21(23)29-18(12)34)44-46(37,38)40-4-8-2-3-10(42-8)30-6-24-11-15(30)26-20(22)28-17(11)33/h6-10,13-14,19,32H,2-5H2,1H3,(H,35,36)(H,37,38)(H3,22,26,28,33)(H3,23,27,29,34)/t8?,9-,10-,13-,14-,19-/m1/s1. The number of anilines is 2. The smallest absolute Gasteiger partial charge is 0.386 e. The average Bonchev–Trinajstić information content (AvgIpc) is 3.77. The van der Waals surface area contributed by atoms with Gasteiger partial charge in [0.25, 0.3) is 11.1 Å². The number of hydrogen-bond donors (Lipinski definition) is 7. The highest BCUT2D eigenvalue weighted by molar-refractivity contribution is 7.47. The van der Waals surface area contributed by atoms with Crippen molar-refractivity contribution in [2.75, 3.05) is 31.8 Å². The summed E-state index contributed by atoms with van der Waals surface area (Å²) in [6.07, 6.45) is -4.48. The fourth-order valence-corrected chi connectivity index (χ4v) is 6.52. The second-order valence-electron chi connectivity index (χ2n) is 10.2. The summed E-state index contributed by atoms with van der Waals surface area (Å²) in [5.74, 6) is -0.375. The molecule has 0 amide bonds. The van der Waals surface area contributed by atoms with E-state index in [0.717, 1.165) is 18.0 Å². The van der Waals surface area contributed by atoms with Crippen LogP contribution in [-0.2, 0) is 36.7 Å². The number of aromatic nitrogens is 8. The van der Waals surface area contributed by atoms with Crippen molar-refractivity contribution in [2.45, 2.75) is 49.7 Å². The van der Waals surface area contributed by atoms with Crippen molar-refractivity contribution >= 4 is 49.9 Å². The van der Waals surface area contributed by atoms with E-state index in [1.165, 1.54) is 10.9 Å². The van der Waals surface area contributed by atoms with Gasteiger partial charge in [-0.15, -0.1) is 0 Å². The molecule has 25 heteroatoms. The van der Waals surface area contributed by atoms with Crippen LogP contribution in [0.25, 0.3) is 22.3 Å². The van der Waals surface area contributed by atoms with Crippen molar-refractivity contribution in [1.29, 1.82) is 0 Å². The number of imidazole rings is 2. The van der Waals surface area contributed by atoms with Gasteiger partial charge in [-0.1, -0.05) is 0 Å². The Labute approximate surface area is 255 Å². The van der Waals surface area contributed by atoms with E-state index in [-0.39, 0.29) is 34.2 Å². The number of nitrogen functional groups attached to an aromatic ring is 2. The highest BCUT2D eigenvalue weighted by atomic mass is 31.2. The van der Waals surface area contributed by atoms with Gasteiger partial charge in [-0.05, 0) is 12.8 Å². The molecule has 0 saturated carbocycles. The molecule has 6 rings (SSSR count). The Hall–Kier alpha value is -3.60. The zero-order chi connectivity index (χ0) is 33.0. The molecule has 8 atom stereocenters. The second kappa shape index (κ2) is 12.2. The maximum absolute atomic E-state index is 13.1. The molecule has 2 saturated heterocycles. The van der Waals surface area contributed by atoms with E-state index < -0.39 is 76.8 Å². The van der Waals surface area contributed by atoms with Crippen molar-refractivity contribution in [3.8, 4) is 0 Å². The summed E-state index contributed by atoms with van der Waals surface area (Å²) < 4.78 is 59.1. The van der Waals surface area contributed by atoms with Crippen LogP contribution in [0.3, 0.4) is 0 Å². The summed E-state index contributed by atoms with van der Waals surface area (Å²) in [6, 6.07) is 0. The van der Waals surface area contributed by atoms with Gasteiger partial charge < -0.3 is 35.8 Å². The zero-order valence-corrected chi connectivity index (χ0v) is 25.4. The number of rotatable bonds is 11. The maximum atomic E-state index is 13.1. The number of phosphoric acid groups is 2. The molecule has 23 nitrogen and oxygen atoms in total. The molecule has 0 aliphatic carbocycles. The first-order valence-electron chi connectivity index (χ1n) is 13.4. The summed E-state index contributed by atoms with van der Waals surface area (Å²) in [4.78, 5) is 65.3. The highest BCUT2D eigenvalue weighted by Crippen LogP contribution is 2.50. The van der Waals surface area contributed by atoms with Crippen molar-refractivity contribution in [2.24, 2.45) is 0 Å². The number of ether oxygens (including phenoxy) is 2. The van der Waals surface area contributed by atoms with Crippen LogP contribution in [0, 0.1) is 0 Å². The first-order chi connectivity index (χ1) is 21.7. The molecule has 46 heavy (non-hydrogen) atoms. The molecule has 3 unspecified atom stereocenters. The van der Waals surface area contributed by atoms with Gasteiger partial charge in [0.15, 0.2) is 28.6 Å². The molecule has 4 aromatic rings. The van der Waals surface area contributed by atoms with E-state index in [1.807, 2.05) is 0 Å². The molecule has 2 fully saturated rings. The normalized spacial score (nSPS) is 27.7. The Bertz CT molecular complexity index is 1980.